The van der Waals surface area contributed by atoms with Gasteiger partial charge in [0.05, 0.1) is 20.8 Å². The van der Waals surface area contributed by atoms with E-state index >= 15 is 0 Å². The Bertz CT molecular complexity index is 612. The van der Waals surface area contributed by atoms with Crippen LogP contribution in [0.15, 0.2) is 40.7 Å². The molecule has 0 unspecified atom stereocenters. The molecule has 0 saturated heterocycles. The Morgan fingerprint density at radius 2 is 1.91 bits per heavy atom. The van der Waals surface area contributed by atoms with E-state index in [9.17, 15) is 0 Å². The van der Waals surface area contributed by atoms with Crippen LogP contribution in [0.1, 0.15) is 10.4 Å². The van der Waals surface area contributed by atoms with Gasteiger partial charge in [-0.2, -0.15) is 0 Å². The number of benzene rings is 1. The number of thiophene rings is 1. The van der Waals surface area contributed by atoms with E-state index in [1.807, 2.05) is 24.3 Å². The molecule has 2 rings (SSSR count). The number of para-hydroxylation sites is 1. The van der Waals surface area contributed by atoms with Crippen molar-refractivity contribution in [2.24, 2.45) is 4.99 Å². The first-order chi connectivity index (χ1) is 10.8. The molecule has 0 atom stereocenters. The van der Waals surface area contributed by atoms with Crippen molar-refractivity contribution in [2.45, 2.75) is 13.1 Å². The van der Waals surface area contributed by atoms with Crippen molar-refractivity contribution in [3.8, 4) is 11.5 Å². The third kappa shape index (κ3) is 4.14. The Hall–Kier alpha value is -2.21. The molecule has 22 heavy (non-hydrogen) atoms. The Morgan fingerprint density at radius 3 is 2.55 bits per heavy atom. The average molecular weight is 319 g/mol. The van der Waals surface area contributed by atoms with Gasteiger partial charge in [0.15, 0.2) is 17.5 Å². The van der Waals surface area contributed by atoms with E-state index in [2.05, 4.69) is 27.1 Å². The van der Waals surface area contributed by atoms with E-state index in [-0.39, 0.29) is 0 Å². The summed E-state index contributed by atoms with van der Waals surface area (Å²) in [7, 11) is 5.04. The molecule has 0 fully saturated rings. The number of methoxy groups -OCH3 is 2. The van der Waals surface area contributed by atoms with Crippen molar-refractivity contribution >= 4 is 17.3 Å². The van der Waals surface area contributed by atoms with Crippen LogP contribution in [-0.2, 0) is 13.1 Å². The van der Waals surface area contributed by atoms with Crippen LogP contribution >= 0.6 is 11.3 Å². The largest absolute Gasteiger partial charge is 0.493 e. The zero-order valence-electron chi connectivity index (χ0n) is 13.1. The highest BCUT2D eigenvalue weighted by molar-refractivity contribution is 7.09. The monoisotopic (exact) mass is 319 g/mol. The second kappa shape index (κ2) is 8.29. The van der Waals surface area contributed by atoms with Gasteiger partial charge in [0, 0.05) is 24.0 Å². The molecule has 0 aliphatic heterocycles. The highest BCUT2D eigenvalue weighted by atomic mass is 32.1. The number of guanidine groups is 1. The smallest absolute Gasteiger partial charge is 0.191 e. The SMILES string of the molecule is CN=C(NCc1cccs1)NCc1cccc(OC)c1OC. The number of hydrogen-bond donors (Lipinski definition) is 2. The van der Waals surface area contributed by atoms with Crippen LogP contribution in [0, 0.1) is 0 Å². The molecule has 5 nitrogen and oxygen atoms in total. The second-order valence-corrected chi connectivity index (χ2v) is 5.54. The predicted molar refractivity (Wildman–Crippen MR) is 90.9 cm³/mol. The maximum absolute atomic E-state index is 5.43. The summed E-state index contributed by atoms with van der Waals surface area (Å²) in [4.78, 5) is 5.49. The maximum atomic E-state index is 5.43. The number of nitrogens with zero attached hydrogens (tertiary/aromatic N) is 1. The molecule has 6 heteroatoms. The molecule has 0 spiro atoms. The molecule has 0 amide bonds. The first-order valence-electron chi connectivity index (χ1n) is 6.95. The summed E-state index contributed by atoms with van der Waals surface area (Å²) in [5, 5.41) is 8.63. The van der Waals surface area contributed by atoms with Crippen molar-refractivity contribution in [3.63, 3.8) is 0 Å². The van der Waals surface area contributed by atoms with Crippen molar-refractivity contribution in [1.29, 1.82) is 0 Å². The first-order valence-corrected chi connectivity index (χ1v) is 7.83. The van der Waals surface area contributed by atoms with Gasteiger partial charge in [0.1, 0.15) is 0 Å². The third-order valence-electron chi connectivity index (χ3n) is 3.16. The maximum Gasteiger partial charge on any atom is 0.191 e. The molecule has 1 aromatic heterocycles. The Labute approximate surface area is 135 Å². The molecular weight excluding hydrogens is 298 g/mol. The van der Waals surface area contributed by atoms with Gasteiger partial charge in [-0.25, -0.2) is 0 Å². The number of aliphatic imine (C=N–C) groups is 1. The van der Waals surface area contributed by atoms with Crippen LogP contribution in [0.5, 0.6) is 11.5 Å². The summed E-state index contributed by atoms with van der Waals surface area (Å²) >= 11 is 1.72. The Morgan fingerprint density at radius 1 is 1.09 bits per heavy atom. The van der Waals surface area contributed by atoms with Crippen LogP contribution in [0.4, 0.5) is 0 Å². The van der Waals surface area contributed by atoms with E-state index < -0.39 is 0 Å². The summed E-state index contributed by atoms with van der Waals surface area (Å²) < 4.78 is 10.7. The summed E-state index contributed by atoms with van der Waals surface area (Å²) in [6.45, 7) is 1.36. The molecular formula is C16H21N3O2S. The standard InChI is InChI=1S/C16H21N3O2S/c1-17-16(19-11-13-7-5-9-22-13)18-10-12-6-4-8-14(20-2)15(12)21-3/h4-9H,10-11H2,1-3H3,(H2,17,18,19). The summed E-state index contributed by atoms with van der Waals surface area (Å²) in [6.07, 6.45) is 0. The van der Waals surface area contributed by atoms with Crippen molar-refractivity contribution < 1.29 is 9.47 Å². The number of rotatable bonds is 6. The van der Waals surface area contributed by atoms with Crippen LogP contribution in [-0.4, -0.2) is 27.2 Å². The molecule has 0 aliphatic rings. The van der Waals surface area contributed by atoms with Gasteiger partial charge < -0.3 is 20.1 Å². The lowest BCUT2D eigenvalue weighted by molar-refractivity contribution is 0.351. The molecule has 1 aromatic carbocycles. The second-order valence-electron chi connectivity index (χ2n) is 4.51. The van der Waals surface area contributed by atoms with Crippen LogP contribution in [0.3, 0.4) is 0 Å². The first kappa shape index (κ1) is 16.2. The quantitative estimate of drug-likeness (QED) is 0.635. The Balaban J connectivity index is 1.96. The lowest BCUT2D eigenvalue weighted by Gasteiger charge is -2.15. The van der Waals surface area contributed by atoms with E-state index in [4.69, 9.17) is 9.47 Å². The van der Waals surface area contributed by atoms with Gasteiger partial charge in [0.2, 0.25) is 0 Å². The minimum absolute atomic E-state index is 0.602. The highest BCUT2D eigenvalue weighted by Gasteiger charge is 2.09. The van der Waals surface area contributed by atoms with Gasteiger partial charge >= 0.3 is 0 Å². The van der Waals surface area contributed by atoms with Crippen LogP contribution < -0.4 is 20.1 Å². The summed E-state index contributed by atoms with van der Waals surface area (Å²) in [6, 6.07) is 9.96. The van der Waals surface area contributed by atoms with Gasteiger partial charge in [-0.1, -0.05) is 18.2 Å². The number of hydrogen-bond acceptors (Lipinski definition) is 4. The molecule has 1 heterocycles. The van der Waals surface area contributed by atoms with Gasteiger partial charge in [-0.15, -0.1) is 11.3 Å². The van der Waals surface area contributed by atoms with Crippen molar-refractivity contribution in [2.75, 3.05) is 21.3 Å². The Kier molecular flexibility index (Phi) is 6.09. The number of ether oxygens (including phenoxy) is 2. The van der Waals surface area contributed by atoms with Gasteiger partial charge in [0.25, 0.3) is 0 Å². The fourth-order valence-electron chi connectivity index (χ4n) is 2.08. The molecule has 0 aliphatic carbocycles. The van der Waals surface area contributed by atoms with E-state index in [0.29, 0.717) is 6.54 Å². The predicted octanol–water partition coefficient (Wildman–Crippen LogP) is 2.63. The molecule has 0 radical (unpaired) electrons. The van der Waals surface area contributed by atoms with Crippen molar-refractivity contribution in [1.82, 2.24) is 10.6 Å². The lowest BCUT2D eigenvalue weighted by Crippen LogP contribution is -2.36. The average Bonchev–Trinajstić information content (AvgIpc) is 3.08. The zero-order valence-corrected chi connectivity index (χ0v) is 13.9. The zero-order chi connectivity index (χ0) is 15.8. The molecule has 2 aromatic rings. The third-order valence-corrected chi connectivity index (χ3v) is 4.04. The highest BCUT2D eigenvalue weighted by Crippen LogP contribution is 2.30. The molecule has 0 saturated carbocycles. The van der Waals surface area contributed by atoms with E-state index in [1.54, 1.807) is 32.6 Å². The van der Waals surface area contributed by atoms with E-state index in [0.717, 1.165) is 29.6 Å². The number of nitrogens with one attached hydrogen (secondary N) is 2. The van der Waals surface area contributed by atoms with Gasteiger partial charge in [-0.3, -0.25) is 4.99 Å². The lowest BCUT2D eigenvalue weighted by atomic mass is 10.2. The van der Waals surface area contributed by atoms with Gasteiger partial charge in [-0.05, 0) is 17.5 Å². The minimum Gasteiger partial charge on any atom is -0.493 e. The molecule has 0 bridgehead atoms. The summed E-state index contributed by atoms with van der Waals surface area (Å²) in [5.41, 5.74) is 1.01. The fraction of sp³-hybridized carbons (Fsp3) is 0.312. The fourth-order valence-corrected chi connectivity index (χ4v) is 2.72. The van der Waals surface area contributed by atoms with Crippen molar-refractivity contribution in [3.05, 3.63) is 46.2 Å². The topological polar surface area (TPSA) is 54.9 Å². The molecule has 2 N–H and O–H groups in total. The normalized spacial score (nSPS) is 11.1. The van der Waals surface area contributed by atoms with Crippen LogP contribution in [0.2, 0.25) is 0 Å². The summed E-state index contributed by atoms with van der Waals surface area (Å²) in [5.74, 6) is 2.22. The van der Waals surface area contributed by atoms with E-state index in [1.165, 1.54) is 4.88 Å². The minimum atomic E-state index is 0.602. The van der Waals surface area contributed by atoms with Crippen LogP contribution in [0.25, 0.3) is 0 Å². The molecule has 118 valence electrons.